The zero-order chi connectivity index (χ0) is 18.9. The normalized spacial score (nSPS) is 17.2. The number of nitrogens with zero attached hydrogens (tertiary/aromatic N) is 2. The van der Waals surface area contributed by atoms with Crippen LogP contribution in [0.25, 0.3) is 0 Å². The fourth-order valence-electron chi connectivity index (χ4n) is 2.94. The molecular formula is C18H19ClN2O4S. The zero-order valence-corrected chi connectivity index (χ0v) is 16.2. The summed E-state index contributed by atoms with van der Waals surface area (Å²) in [6.07, 6.45) is 1.55. The first kappa shape index (κ1) is 18.5. The predicted molar refractivity (Wildman–Crippen MR) is 102 cm³/mol. The molecule has 6 nitrogen and oxygen atoms in total. The highest BCUT2D eigenvalue weighted by Crippen LogP contribution is 2.40. The van der Waals surface area contributed by atoms with E-state index in [-0.39, 0.29) is 0 Å². The summed E-state index contributed by atoms with van der Waals surface area (Å²) in [6.45, 7) is 0. The Bertz CT molecular complexity index is 942. The lowest BCUT2D eigenvalue weighted by molar-refractivity contribution is 0.348. The molecule has 0 fully saturated rings. The standard InChI is InChI=1S/C18H19ClN2O4S/c1-24-14-8-9-18(25-2)15(10-14)17-11-16(20-21(17)26(3,22)23)12-4-6-13(19)7-5-12/h4-10,17H,11H2,1-3H3/t17-/m0/s1. The number of rotatable bonds is 5. The highest BCUT2D eigenvalue weighted by Gasteiger charge is 2.36. The Labute approximate surface area is 158 Å². The number of hydrogen-bond donors (Lipinski definition) is 0. The molecule has 0 aliphatic carbocycles. The maximum absolute atomic E-state index is 12.3. The number of hydrazone groups is 1. The lowest BCUT2D eigenvalue weighted by atomic mass is 9.98. The third kappa shape index (κ3) is 3.64. The van der Waals surface area contributed by atoms with Crippen molar-refractivity contribution in [2.24, 2.45) is 5.10 Å². The van der Waals surface area contributed by atoms with Gasteiger partial charge < -0.3 is 9.47 Å². The van der Waals surface area contributed by atoms with E-state index in [9.17, 15) is 8.42 Å². The van der Waals surface area contributed by atoms with Gasteiger partial charge in [0.05, 0.1) is 32.2 Å². The van der Waals surface area contributed by atoms with Crippen molar-refractivity contribution in [3.05, 3.63) is 58.6 Å². The lowest BCUT2D eigenvalue weighted by Gasteiger charge is -2.23. The second-order valence-electron chi connectivity index (χ2n) is 5.92. The van der Waals surface area contributed by atoms with Crippen molar-refractivity contribution in [3.63, 3.8) is 0 Å². The first-order valence-corrected chi connectivity index (χ1v) is 10.1. The first-order chi connectivity index (χ1) is 12.3. The van der Waals surface area contributed by atoms with Gasteiger partial charge in [0, 0.05) is 17.0 Å². The van der Waals surface area contributed by atoms with Gasteiger partial charge in [-0.15, -0.1) is 0 Å². The Hall–Kier alpha value is -2.25. The number of sulfonamides is 1. The van der Waals surface area contributed by atoms with Crippen molar-refractivity contribution in [1.29, 1.82) is 0 Å². The van der Waals surface area contributed by atoms with Gasteiger partial charge in [-0.3, -0.25) is 0 Å². The van der Waals surface area contributed by atoms with Crippen molar-refractivity contribution < 1.29 is 17.9 Å². The molecule has 0 aromatic heterocycles. The first-order valence-electron chi connectivity index (χ1n) is 7.88. The second kappa shape index (κ2) is 7.17. The van der Waals surface area contributed by atoms with Crippen LogP contribution in [0.2, 0.25) is 5.02 Å². The fraction of sp³-hybridized carbons (Fsp3) is 0.278. The van der Waals surface area contributed by atoms with Gasteiger partial charge in [0.25, 0.3) is 0 Å². The van der Waals surface area contributed by atoms with Crippen molar-refractivity contribution >= 4 is 27.3 Å². The quantitative estimate of drug-likeness (QED) is 0.778. The van der Waals surface area contributed by atoms with Gasteiger partial charge in [0.2, 0.25) is 10.0 Å². The molecule has 0 saturated heterocycles. The maximum Gasteiger partial charge on any atom is 0.247 e. The monoisotopic (exact) mass is 394 g/mol. The number of methoxy groups -OCH3 is 2. The summed E-state index contributed by atoms with van der Waals surface area (Å²) in [5, 5.41) is 4.98. The molecule has 1 atom stereocenters. The molecule has 2 aromatic carbocycles. The zero-order valence-electron chi connectivity index (χ0n) is 14.6. The molecule has 0 radical (unpaired) electrons. The van der Waals surface area contributed by atoms with Crippen LogP contribution in [0, 0.1) is 0 Å². The van der Waals surface area contributed by atoms with Crippen LogP contribution in [0.3, 0.4) is 0 Å². The van der Waals surface area contributed by atoms with Crippen LogP contribution in [-0.4, -0.2) is 39.0 Å². The largest absolute Gasteiger partial charge is 0.497 e. The molecule has 0 spiro atoms. The number of benzene rings is 2. The SMILES string of the molecule is COc1ccc(OC)c([C@@H]2CC(c3ccc(Cl)cc3)=NN2S(C)(=O)=O)c1. The molecule has 8 heteroatoms. The van der Waals surface area contributed by atoms with Gasteiger partial charge in [-0.05, 0) is 35.9 Å². The van der Waals surface area contributed by atoms with Gasteiger partial charge in [0.15, 0.2) is 0 Å². The topological polar surface area (TPSA) is 68.2 Å². The molecule has 0 unspecified atom stereocenters. The van der Waals surface area contributed by atoms with Crippen molar-refractivity contribution in [1.82, 2.24) is 4.41 Å². The van der Waals surface area contributed by atoms with E-state index in [1.54, 1.807) is 44.6 Å². The number of ether oxygens (including phenoxy) is 2. The third-order valence-corrected chi connectivity index (χ3v) is 5.45. The molecule has 3 rings (SSSR count). The summed E-state index contributed by atoms with van der Waals surface area (Å²) in [7, 11) is -0.463. The van der Waals surface area contributed by atoms with Crippen LogP contribution in [-0.2, 0) is 10.0 Å². The number of hydrogen-bond acceptors (Lipinski definition) is 5. The predicted octanol–water partition coefficient (Wildman–Crippen LogP) is 3.47. The number of halogens is 1. The molecule has 0 amide bonds. The molecule has 0 N–H and O–H groups in total. The van der Waals surface area contributed by atoms with Gasteiger partial charge in [-0.2, -0.15) is 9.52 Å². The van der Waals surface area contributed by atoms with Crippen molar-refractivity contribution in [3.8, 4) is 11.5 Å². The van der Waals surface area contributed by atoms with Crippen LogP contribution >= 0.6 is 11.6 Å². The van der Waals surface area contributed by atoms with E-state index in [0.717, 1.165) is 16.2 Å². The molecule has 26 heavy (non-hydrogen) atoms. The molecule has 0 bridgehead atoms. The summed E-state index contributed by atoms with van der Waals surface area (Å²) in [6, 6.07) is 12.0. The lowest BCUT2D eigenvalue weighted by Crippen LogP contribution is -2.26. The Morgan fingerprint density at radius 3 is 2.38 bits per heavy atom. The Kier molecular flexibility index (Phi) is 5.11. The Morgan fingerprint density at radius 2 is 1.81 bits per heavy atom. The minimum atomic E-state index is -3.57. The maximum atomic E-state index is 12.3. The highest BCUT2D eigenvalue weighted by atomic mass is 35.5. The van der Waals surface area contributed by atoms with Gasteiger partial charge in [0.1, 0.15) is 11.5 Å². The summed E-state index contributed by atoms with van der Waals surface area (Å²) < 4.78 is 36.5. The third-order valence-electron chi connectivity index (χ3n) is 4.19. The minimum Gasteiger partial charge on any atom is -0.497 e. The van der Waals surface area contributed by atoms with Gasteiger partial charge in [-0.25, -0.2) is 8.42 Å². The average Bonchev–Trinajstić information content (AvgIpc) is 3.07. The van der Waals surface area contributed by atoms with Crippen LogP contribution in [0.15, 0.2) is 47.6 Å². The van der Waals surface area contributed by atoms with Crippen LogP contribution in [0.5, 0.6) is 11.5 Å². The van der Waals surface area contributed by atoms with Crippen molar-refractivity contribution in [2.45, 2.75) is 12.5 Å². The smallest absolute Gasteiger partial charge is 0.247 e. The summed E-state index contributed by atoms with van der Waals surface area (Å²) in [5.41, 5.74) is 2.19. The Morgan fingerprint density at radius 1 is 1.12 bits per heavy atom. The van der Waals surface area contributed by atoms with E-state index < -0.39 is 16.1 Å². The van der Waals surface area contributed by atoms with E-state index in [4.69, 9.17) is 21.1 Å². The molecule has 2 aromatic rings. The fourth-order valence-corrected chi connectivity index (χ4v) is 3.97. The van der Waals surface area contributed by atoms with E-state index in [1.807, 2.05) is 12.1 Å². The van der Waals surface area contributed by atoms with E-state index >= 15 is 0 Å². The van der Waals surface area contributed by atoms with E-state index in [2.05, 4.69) is 5.10 Å². The highest BCUT2D eigenvalue weighted by molar-refractivity contribution is 7.88. The molecule has 138 valence electrons. The summed E-state index contributed by atoms with van der Waals surface area (Å²) in [4.78, 5) is 0. The molecule has 1 aliphatic rings. The van der Waals surface area contributed by atoms with Gasteiger partial charge >= 0.3 is 0 Å². The second-order valence-corrected chi connectivity index (χ2v) is 8.19. The Balaban J connectivity index is 2.06. The van der Waals surface area contributed by atoms with Crippen LogP contribution < -0.4 is 9.47 Å². The van der Waals surface area contributed by atoms with Crippen molar-refractivity contribution in [2.75, 3.05) is 20.5 Å². The van der Waals surface area contributed by atoms with E-state index in [0.29, 0.717) is 34.2 Å². The van der Waals surface area contributed by atoms with Crippen LogP contribution in [0.1, 0.15) is 23.6 Å². The summed E-state index contributed by atoms with van der Waals surface area (Å²) >= 11 is 5.94. The summed E-state index contributed by atoms with van der Waals surface area (Å²) in [5.74, 6) is 1.20. The average molecular weight is 395 g/mol. The van der Waals surface area contributed by atoms with Crippen LogP contribution in [0.4, 0.5) is 0 Å². The van der Waals surface area contributed by atoms with Gasteiger partial charge in [-0.1, -0.05) is 23.7 Å². The molecule has 1 heterocycles. The molecule has 0 saturated carbocycles. The minimum absolute atomic E-state index is 0.415. The molecular weight excluding hydrogens is 376 g/mol. The van der Waals surface area contributed by atoms with E-state index in [1.165, 1.54) is 0 Å². The molecule has 1 aliphatic heterocycles.